The van der Waals surface area contributed by atoms with Gasteiger partial charge in [-0.15, -0.1) is 0 Å². The van der Waals surface area contributed by atoms with Crippen LogP contribution in [0.25, 0.3) is 0 Å². The van der Waals surface area contributed by atoms with E-state index in [1.807, 2.05) is 20.8 Å². The van der Waals surface area contributed by atoms with Crippen LogP contribution in [0.4, 0.5) is 0 Å². The second kappa shape index (κ2) is 7.99. The number of hydrogen-bond donors (Lipinski definition) is 3. The van der Waals surface area contributed by atoms with E-state index < -0.39 is 11.4 Å². The molecule has 0 aromatic carbocycles. The van der Waals surface area contributed by atoms with Crippen LogP contribution in [0.15, 0.2) is 35.5 Å². The number of nitrogens with one attached hydrogen (secondary N) is 3. The first-order chi connectivity index (χ1) is 12.2. The summed E-state index contributed by atoms with van der Waals surface area (Å²) in [6.45, 7) is 6.18. The summed E-state index contributed by atoms with van der Waals surface area (Å²) in [6.07, 6.45) is 3.83. The minimum Gasteiger partial charge on any atom is -0.348 e. The normalized spacial score (nSPS) is 13.3. The number of aromatic amines is 1. The zero-order valence-electron chi connectivity index (χ0n) is 15.5. The second-order valence-corrected chi connectivity index (χ2v) is 7.15. The minimum atomic E-state index is -0.678. The molecule has 3 N–H and O–H groups in total. The maximum Gasteiger partial charge on any atom is 0.271 e. The number of hydrogen-bond acceptors (Lipinski definition) is 4. The monoisotopic (exact) mass is 359 g/mol. The maximum atomic E-state index is 12.5. The Labute approximate surface area is 152 Å². The molecular formula is C18H25N5O3. The number of imidazole rings is 1. The number of amides is 2. The van der Waals surface area contributed by atoms with E-state index >= 15 is 0 Å². The highest BCUT2D eigenvalue weighted by atomic mass is 16.2. The number of rotatable bonds is 7. The number of carbonyl (C=O) groups is 2. The molecule has 140 valence electrons. The van der Waals surface area contributed by atoms with Crippen molar-refractivity contribution in [2.75, 3.05) is 6.54 Å². The van der Waals surface area contributed by atoms with Crippen molar-refractivity contribution in [2.24, 2.45) is 13.0 Å². The number of aromatic nitrogens is 3. The summed E-state index contributed by atoms with van der Waals surface area (Å²) in [5.41, 5.74) is -0.518. The van der Waals surface area contributed by atoms with Crippen molar-refractivity contribution in [2.45, 2.75) is 32.7 Å². The van der Waals surface area contributed by atoms with Gasteiger partial charge in [-0.25, -0.2) is 4.98 Å². The molecule has 2 aromatic rings. The maximum absolute atomic E-state index is 12.5. The van der Waals surface area contributed by atoms with Crippen molar-refractivity contribution < 1.29 is 9.59 Å². The Morgan fingerprint density at radius 2 is 2.04 bits per heavy atom. The highest BCUT2D eigenvalue weighted by Crippen LogP contribution is 2.17. The second-order valence-electron chi connectivity index (χ2n) is 7.15. The van der Waals surface area contributed by atoms with Gasteiger partial charge >= 0.3 is 0 Å². The fourth-order valence-electron chi connectivity index (χ4n) is 2.89. The van der Waals surface area contributed by atoms with Crippen LogP contribution < -0.4 is 16.2 Å². The Hall–Kier alpha value is -2.90. The largest absolute Gasteiger partial charge is 0.348 e. The van der Waals surface area contributed by atoms with Gasteiger partial charge in [0.05, 0.1) is 11.9 Å². The van der Waals surface area contributed by atoms with Crippen LogP contribution in [0.1, 0.15) is 48.2 Å². The highest BCUT2D eigenvalue weighted by Gasteiger charge is 2.29. The minimum absolute atomic E-state index is 0.184. The van der Waals surface area contributed by atoms with Crippen LogP contribution in [-0.4, -0.2) is 38.4 Å². The van der Waals surface area contributed by atoms with Crippen molar-refractivity contribution in [3.8, 4) is 0 Å². The predicted molar refractivity (Wildman–Crippen MR) is 97.9 cm³/mol. The Balaban J connectivity index is 2.09. The third kappa shape index (κ3) is 5.30. The van der Waals surface area contributed by atoms with E-state index in [1.165, 1.54) is 12.1 Å². The molecule has 0 bridgehead atoms. The fourth-order valence-corrected chi connectivity index (χ4v) is 2.89. The third-order valence-corrected chi connectivity index (χ3v) is 3.86. The Morgan fingerprint density at radius 3 is 2.62 bits per heavy atom. The molecule has 8 heteroatoms. The van der Waals surface area contributed by atoms with Gasteiger partial charge in [0, 0.05) is 25.9 Å². The van der Waals surface area contributed by atoms with Gasteiger partial charge in [0.1, 0.15) is 11.4 Å². The van der Waals surface area contributed by atoms with Crippen molar-refractivity contribution in [1.29, 1.82) is 0 Å². The number of aryl methyl sites for hydroxylation is 1. The van der Waals surface area contributed by atoms with Gasteiger partial charge in [-0.05, 0) is 25.3 Å². The summed E-state index contributed by atoms with van der Waals surface area (Å²) in [5.74, 6) is -0.400. The summed E-state index contributed by atoms with van der Waals surface area (Å²) < 4.78 is 1.69. The molecule has 0 fully saturated rings. The Kier molecular flexibility index (Phi) is 5.97. The van der Waals surface area contributed by atoms with Gasteiger partial charge < -0.3 is 20.2 Å². The summed E-state index contributed by atoms with van der Waals surface area (Å²) in [6, 6.07) is 4.41. The number of pyridine rings is 1. The molecule has 1 unspecified atom stereocenters. The Morgan fingerprint density at radius 1 is 1.31 bits per heavy atom. The van der Waals surface area contributed by atoms with Crippen molar-refractivity contribution in [3.63, 3.8) is 0 Å². The van der Waals surface area contributed by atoms with Gasteiger partial charge in [0.15, 0.2) is 0 Å². The fraction of sp³-hybridized carbons (Fsp3) is 0.444. The molecule has 0 aliphatic carbocycles. The summed E-state index contributed by atoms with van der Waals surface area (Å²) >= 11 is 0. The molecule has 2 aromatic heterocycles. The summed E-state index contributed by atoms with van der Waals surface area (Å²) in [7, 11) is 1.79. The van der Waals surface area contributed by atoms with E-state index in [1.54, 1.807) is 30.2 Å². The molecule has 0 saturated heterocycles. The number of H-pyrrole nitrogens is 1. The van der Waals surface area contributed by atoms with Gasteiger partial charge in [-0.2, -0.15) is 0 Å². The van der Waals surface area contributed by atoms with Crippen LogP contribution >= 0.6 is 0 Å². The lowest BCUT2D eigenvalue weighted by molar-refractivity contribution is 0.0855. The molecule has 2 heterocycles. The SMILES string of the molecule is CC(C)CC(C)(CNC(=O)c1cn(C)cn1)NC(=O)c1cccc(=O)[nH]1. The van der Waals surface area contributed by atoms with Gasteiger partial charge in [0.2, 0.25) is 5.56 Å². The molecule has 0 saturated carbocycles. The lowest BCUT2D eigenvalue weighted by atomic mass is 9.90. The van der Waals surface area contributed by atoms with Crippen LogP contribution in [0, 0.1) is 5.92 Å². The van der Waals surface area contributed by atoms with Crippen LogP contribution in [0.3, 0.4) is 0 Å². The van der Waals surface area contributed by atoms with Crippen LogP contribution in [-0.2, 0) is 7.05 Å². The molecule has 26 heavy (non-hydrogen) atoms. The zero-order chi connectivity index (χ0) is 19.3. The topological polar surface area (TPSA) is 109 Å². The van der Waals surface area contributed by atoms with Crippen molar-refractivity contribution in [3.05, 3.63) is 52.5 Å². The molecule has 2 amide bonds. The first-order valence-corrected chi connectivity index (χ1v) is 8.46. The molecule has 1 atom stereocenters. The number of nitrogens with zero attached hydrogens (tertiary/aromatic N) is 2. The third-order valence-electron chi connectivity index (χ3n) is 3.86. The number of carbonyl (C=O) groups excluding carboxylic acids is 2. The first kappa shape index (κ1) is 19.4. The standard InChI is InChI=1S/C18H25N5O3/c1-12(2)8-18(3,10-19-16(25)14-9-23(4)11-20-14)22-17(26)13-6-5-7-15(24)21-13/h5-7,9,11-12H,8,10H2,1-4H3,(H,19,25)(H,21,24)(H,22,26). The van der Waals surface area contributed by atoms with E-state index in [4.69, 9.17) is 0 Å². The van der Waals surface area contributed by atoms with E-state index in [2.05, 4.69) is 20.6 Å². The van der Waals surface area contributed by atoms with E-state index in [0.717, 1.165) is 0 Å². The van der Waals surface area contributed by atoms with E-state index in [0.29, 0.717) is 18.0 Å². The molecule has 0 aliphatic rings. The lowest BCUT2D eigenvalue weighted by Gasteiger charge is -2.32. The van der Waals surface area contributed by atoms with Gasteiger partial charge in [0.25, 0.3) is 11.8 Å². The van der Waals surface area contributed by atoms with Crippen LogP contribution in [0.5, 0.6) is 0 Å². The molecule has 2 rings (SSSR count). The van der Waals surface area contributed by atoms with Crippen molar-refractivity contribution in [1.82, 2.24) is 25.2 Å². The Bertz CT molecular complexity index is 839. The van der Waals surface area contributed by atoms with Crippen molar-refractivity contribution >= 4 is 11.8 Å². The zero-order valence-corrected chi connectivity index (χ0v) is 15.5. The average Bonchev–Trinajstić information content (AvgIpc) is 2.98. The van der Waals surface area contributed by atoms with Gasteiger partial charge in [-0.1, -0.05) is 19.9 Å². The summed E-state index contributed by atoms with van der Waals surface area (Å²) in [5, 5.41) is 5.76. The highest BCUT2D eigenvalue weighted by molar-refractivity contribution is 5.93. The lowest BCUT2D eigenvalue weighted by Crippen LogP contribution is -2.54. The quantitative estimate of drug-likeness (QED) is 0.687. The van der Waals surface area contributed by atoms with Gasteiger partial charge in [-0.3, -0.25) is 14.4 Å². The summed E-state index contributed by atoms with van der Waals surface area (Å²) in [4.78, 5) is 42.7. The molecule has 8 nitrogen and oxygen atoms in total. The average molecular weight is 359 g/mol. The molecule has 0 spiro atoms. The molecule has 0 radical (unpaired) electrons. The van der Waals surface area contributed by atoms with E-state index in [-0.39, 0.29) is 23.7 Å². The molecular weight excluding hydrogens is 334 g/mol. The smallest absolute Gasteiger partial charge is 0.271 e. The molecule has 0 aliphatic heterocycles. The first-order valence-electron chi connectivity index (χ1n) is 8.46. The predicted octanol–water partition coefficient (Wildman–Crippen LogP) is 1.07. The van der Waals surface area contributed by atoms with E-state index in [9.17, 15) is 14.4 Å². The van der Waals surface area contributed by atoms with Crippen LogP contribution in [0.2, 0.25) is 0 Å².